The molecular weight excluding hydrogens is 1250 g/mol. The van der Waals surface area contributed by atoms with E-state index in [0.29, 0.717) is 71.2 Å². The number of nitrogens with zero attached hydrogens (tertiary/aromatic N) is 2. The molecule has 0 unspecified atom stereocenters. The molecule has 10 rings (SSSR count). The summed E-state index contributed by atoms with van der Waals surface area (Å²) in [4.78, 5) is 0. The third-order valence-electron chi connectivity index (χ3n) is 17.3. The molecule has 11 heteroatoms. The molecular formula is C74H90F2HfN2O4Si2. The normalized spacial score (nSPS) is 11.7. The number of phenolic OH excluding ortho intramolecular Hbond substituents is 2. The van der Waals surface area contributed by atoms with E-state index in [0.717, 1.165) is 68.5 Å². The number of phenols is 2. The Balaban J connectivity index is 0.00000345. The number of para-hydroxylation sites is 4. The van der Waals surface area contributed by atoms with Gasteiger partial charge < -0.3 is 43.7 Å². The van der Waals surface area contributed by atoms with Crippen LogP contribution < -0.4 is 10.4 Å². The number of ether oxygens (including phenoxy) is 2. The van der Waals surface area contributed by atoms with Gasteiger partial charge >= 0.3 is 0 Å². The molecule has 8 aromatic carbocycles. The number of hydrogen-bond donors (Lipinski definition) is 2. The fraction of sp³-hybridized carbons (Fsp3) is 0.324. The van der Waals surface area contributed by atoms with E-state index >= 15 is 8.78 Å². The van der Waals surface area contributed by atoms with E-state index in [-0.39, 0.29) is 52.2 Å². The van der Waals surface area contributed by atoms with Crippen molar-refractivity contribution in [3.63, 3.8) is 0 Å². The van der Waals surface area contributed by atoms with Crippen molar-refractivity contribution < 1.29 is 54.3 Å². The van der Waals surface area contributed by atoms with Crippen LogP contribution in [0, 0.1) is 26.5 Å². The van der Waals surface area contributed by atoms with Crippen LogP contribution in [0.1, 0.15) is 104 Å². The van der Waals surface area contributed by atoms with E-state index in [1.807, 2.05) is 24.3 Å². The summed E-state index contributed by atoms with van der Waals surface area (Å²) in [6, 6.07) is 53.7. The minimum atomic E-state index is -2.10. The van der Waals surface area contributed by atoms with Crippen LogP contribution in [-0.2, 0) is 25.8 Å². The maximum Gasteiger partial charge on any atom is 0.262 e. The minimum Gasteiger partial charge on any atom is -0.582 e. The van der Waals surface area contributed by atoms with Gasteiger partial charge in [-0.3, -0.25) is 0 Å². The van der Waals surface area contributed by atoms with Gasteiger partial charge in [-0.15, -0.1) is 0 Å². The first-order valence-electron chi connectivity index (χ1n) is 30.5. The first-order valence-corrected chi connectivity index (χ1v) is 36.9. The fourth-order valence-electron chi connectivity index (χ4n) is 12.5. The fourth-order valence-corrected chi connectivity index (χ4v) is 17.4. The van der Waals surface area contributed by atoms with Crippen LogP contribution in [0.25, 0.3) is 77.2 Å². The van der Waals surface area contributed by atoms with Gasteiger partial charge in [0.1, 0.15) is 23.1 Å². The number of unbranched alkanes of at least 4 members (excludes halogenated alkanes) is 11. The van der Waals surface area contributed by atoms with Crippen LogP contribution in [0.15, 0.2) is 158 Å². The molecule has 0 spiro atoms. The zero-order valence-corrected chi connectivity index (χ0v) is 57.3. The molecule has 6 nitrogen and oxygen atoms in total. The number of aromatic hydroxyl groups is 4. The van der Waals surface area contributed by atoms with Crippen molar-refractivity contribution >= 4 is 70.1 Å². The largest absolute Gasteiger partial charge is 0.582 e. The summed E-state index contributed by atoms with van der Waals surface area (Å²) < 4.78 is 45.9. The Labute approximate surface area is 526 Å². The molecule has 0 amide bonds. The number of halogens is 2. The van der Waals surface area contributed by atoms with Gasteiger partial charge in [0, 0.05) is 83.5 Å². The van der Waals surface area contributed by atoms with Crippen LogP contribution in [0.3, 0.4) is 0 Å². The molecule has 0 saturated carbocycles. The number of aromatic nitrogens is 2. The number of benzene rings is 8. The molecule has 0 aliphatic rings. The summed E-state index contributed by atoms with van der Waals surface area (Å²) in [7, 11) is -4.19. The quantitative estimate of drug-likeness (QED) is 0.0233. The van der Waals surface area contributed by atoms with Gasteiger partial charge in [0.25, 0.3) is 11.5 Å². The Morgan fingerprint density at radius 2 is 0.706 bits per heavy atom. The van der Waals surface area contributed by atoms with Crippen LogP contribution in [-0.4, -0.2) is 58.2 Å². The Hall–Kier alpha value is -6.28. The van der Waals surface area contributed by atoms with Gasteiger partial charge in [0.05, 0.1) is 60.7 Å². The third-order valence-corrected chi connectivity index (χ3v) is 24.2. The van der Waals surface area contributed by atoms with Crippen molar-refractivity contribution in [3.05, 3.63) is 184 Å². The Bertz CT molecular complexity index is 3490. The van der Waals surface area contributed by atoms with Crippen LogP contribution in [0.4, 0.5) is 8.78 Å². The molecule has 446 valence electrons. The number of fused-ring (bicyclic) bond motifs is 6. The zero-order chi connectivity index (χ0) is 57.4. The van der Waals surface area contributed by atoms with Crippen molar-refractivity contribution in [3.8, 4) is 56.6 Å². The van der Waals surface area contributed by atoms with Gasteiger partial charge in [-0.25, -0.2) is 8.78 Å². The summed E-state index contributed by atoms with van der Waals surface area (Å²) in [6.45, 7) is 15.1. The predicted molar refractivity (Wildman–Crippen MR) is 361 cm³/mol. The van der Waals surface area contributed by atoms with E-state index in [4.69, 9.17) is 9.47 Å². The smallest absolute Gasteiger partial charge is 0.262 e. The number of hydrogen-bond acceptors (Lipinski definition) is 2. The Morgan fingerprint density at radius 1 is 0.388 bits per heavy atom. The van der Waals surface area contributed by atoms with E-state index < -0.39 is 27.8 Å². The summed E-state index contributed by atoms with van der Waals surface area (Å²) >= 11 is 0. The van der Waals surface area contributed by atoms with E-state index in [2.05, 4.69) is 146 Å². The maximum absolute atomic E-state index is 15.7. The molecule has 0 atom stereocenters. The van der Waals surface area contributed by atoms with Gasteiger partial charge in [0.15, 0.2) is 13.2 Å². The second kappa shape index (κ2) is 29.9. The van der Waals surface area contributed by atoms with Crippen molar-refractivity contribution in [1.29, 1.82) is 0 Å². The summed E-state index contributed by atoms with van der Waals surface area (Å²) in [5, 5.41) is 32.2. The third kappa shape index (κ3) is 14.6. The van der Waals surface area contributed by atoms with Crippen LogP contribution in [0.2, 0.25) is 38.3 Å². The number of rotatable bonds is 27. The molecule has 0 aliphatic heterocycles. The SMILES string of the molecule is CCCCCCCC[Si](C)(C)c1cc(-c2cc(F)ccc2[OH+]CCCC[OH+]c2ccc(F)cc2-c2cc([Si](C)(C)CCCCCCCC)cc(-n3c4ccccc4c4ccccc43)c2O)c(O)c(-n2c3ccccc3c3ccccc32)c1.[CH3-].[CH3-].[Hf]. The minimum absolute atomic E-state index is 0. The van der Waals surface area contributed by atoms with E-state index in [1.165, 1.54) is 98.8 Å². The topological polar surface area (TPSA) is 75.9 Å². The van der Waals surface area contributed by atoms with E-state index in [1.54, 1.807) is 12.1 Å². The second-order valence-electron chi connectivity index (χ2n) is 24.1. The standard InChI is InChI=1S/C72H82F2N2O4Si2.2CH3.Hf/c1-7-9-11-13-15-27-43-81(3,4)53-47-61(71(77)67(49-53)75-63-33-21-17-29-55(63)56-30-18-22-34-64(56)75)59-45-51(73)37-39-69(59)79-41-25-26-42-80-70-40-38-52(74)46-60(70)62-48-54(82(5,6)44-28-16-14-12-10-8-2)50-68(72(62)78)76-65-35-23-19-31-57(65)58-32-20-24-36-66(58)76;;;/h17-24,29-40,45-50,77-78H,7-16,25-28,41-44H2,1-6H3;2*1H3;/q;2*-1;/p+2. The Morgan fingerprint density at radius 3 is 1.05 bits per heavy atom. The van der Waals surface area contributed by atoms with Crippen molar-refractivity contribution in [2.75, 3.05) is 13.2 Å². The maximum atomic E-state index is 15.7. The summed E-state index contributed by atoms with van der Waals surface area (Å²) in [5.41, 5.74) is 7.66. The summed E-state index contributed by atoms with van der Waals surface area (Å²) in [6.07, 6.45) is 16.1. The van der Waals surface area contributed by atoms with Gasteiger partial charge in [0.2, 0.25) is 0 Å². The van der Waals surface area contributed by atoms with Crippen molar-refractivity contribution in [2.45, 2.75) is 142 Å². The average Bonchev–Trinajstić information content (AvgIpc) is 2.12. The predicted octanol–water partition coefficient (Wildman–Crippen LogP) is 20.3. The molecule has 85 heavy (non-hydrogen) atoms. The van der Waals surface area contributed by atoms with Crippen molar-refractivity contribution in [1.82, 2.24) is 9.13 Å². The van der Waals surface area contributed by atoms with Crippen LogP contribution in [0.5, 0.6) is 23.0 Å². The molecule has 0 bridgehead atoms. The second-order valence-corrected chi connectivity index (χ2v) is 33.8. The molecule has 0 fully saturated rings. The molecule has 2 heterocycles. The summed E-state index contributed by atoms with van der Waals surface area (Å²) in [5.74, 6) is 0.644. The number of aliphatic hydroxyl groups is 2. The first kappa shape index (κ1) is 66.3. The first-order chi connectivity index (χ1) is 39.8. The van der Waals surface area contributed by atoms with Gasteiger partial charge in [-0.1, -0.05) is 224 Å². The van der Waals surface area contributed by atoms with Gasteiger partial charge in [-0.05, 0) is 60.7 Å². The van der Waals surface area contributed by atoms with Crippen LogP contribution >= 0.6 is 0 Å². The Kier molecular flexibility index (Phi) is 23.3. The molecule has 10 aromatic rings. The zero-order valence-electron chi connectivity index (χ0n) is 51.7. The molecule has 0 saturated heterocycles. The molecule has 2 aromatic heterocycles. The van der Waals surface area contributed by atoms with Gasteiger partial charge in [-0.2, -0.15) is 0 Å². The average molecular weight is 1340 g/mol. The molecule has 0 radical (unpaired) electrons. The molecule has 4 N–H and O–H groups in total. The molecule has 0 aliphatic carbocycles. The monoisotopic (exact) mass is 1340 g/mol. The van der Waals surface area contributed by atoms with Crippen molar-refractivity contribution in [2.24, 2.45) is 0 Å². The van der Waals surface area contributed by atoms with E-state index in [9.17, 15) is 10.2 Å².